The fraction of sp³-hybridized carbons (Fsp3) is 0.529. The van der Waals surface area contributed by atoms with E-state index in [2.05, 4.69) is 10.3 Å². The Morgan fingerprint density at radius 3 is 2.67 bits per heavy atom. The van der Waals surface area contributed by atoms with Crippen LogP contribution >= 0.6 is 11.8 Å². The molecule has 1 aliphatic rings. The standard InChI is InChI=1S/C17H18F5N3OS/c18-15(19)27-16-24-12-7-3-4-8-13(12)25(16)9-14(26)23-11-6-2-1-5-10(11)17(20,21)22/h3-4,7-8,10-11,15H,1-2,5-6,9H2,(H,23,26). The van der Waals surface area contributed by atoms with Crippen LogP contribution in [0.25, 0.3) is 11.0 Å². The Kier molecular flexibility index (Phi) is 5.92. The number of nitrogens with one attached hydrogen (secondary N) is 1. The van der Waals surface area contributed by atoms with E-state index in [0.717, 1.165) is 0 Å². The van der Waals surface area contributed by atoms with Crippen molar-refractivity contribution in [2.75, 3.05) is 0 Å². The van der Waals surface area contributed by atoms with Crippen LogP contribution in [0.1, 0.15) is 25.7 Å². The van der Waals surface area contributed by atoms with E-state index in [0.29, 0.717) is 23.9 Å². The predicted octanol–water partition coefficient (Wildman–Crippen LogP) is 4.59. The van der Waals surface area contributed by atoms with E-state index in [1.807, 2.05) is 0 Å². The third-order valence-electron chi connectivity index (χ3n) is 4.65. The van der Waals surface area contributed by atoms with Gasteiger partial charge in [-0.05, 0) is 36.7 Å². The molecule has 1 N–H and O–H groups in total. The Hall–Kier alpha value is -1.84. The van der Waals surface area contributed by atoms with Crippen LogP contribution in [0, 0.1) is 5.92 Å². The molecule has 1 aliphatic carbocycles. The third kappa shape index (κ3) is 4.72. The lowest BCUT2D eigenvalue weighted by Gasteiger charge is -2.33. The molecule has 2 atom stereocenters. The Morgan fingerprint density at radius 1 is 1.26 bits per heavy atom. The lowest BCUT2D eigenvalue weighted by atomic mass is 9.84. The molecule has 1 aromatic carbocycles. The second kappa shape index (κ2) is 8.04. The van der Waals surface area contributed by atoms with Crippen molar-refractivity contribution in [3.63, 3.8) is 0 Å². The summed E-state index contributed by atoms with van der Waals surface area (Å²) >= 11 is 0.202. The topological polar surface area (TPSA) is 46.9 Å². The zero-order valence-electron chi connectivity index (χ0n) is 14.2. The van der Waals surface area contributed by atoms with Gasteiger partial charge in [-0.25, -0.2) is 4.98 Å². The second-order valence-corrected chi connectivity index (χ2v) is 7.41. The van der Waals surface area contributed by atoms with Gasteiger partial charge >= 0.3 is 6.18 Å². The number of imidazole rings is 1. The van der Waals surface area contributed by atoms with Crippen LogP contribution in [0.2, 0.25) is 0 Å². The quantitative estimate of drug-likeness (QED) is 0.583. The number of hydrogen-bond acceptors (Lipinski definition) is 3. The molecule has 1 heterocycles. The number of fused-ring (bicyclic) bond motifs is 1. The summed E-state index contributed by atoms with van der Waals surface area (Å²) in [6.45, 7) is -0.364. The van der Waals surface area contributed by atoms with E-state index >= 15 is 0 Å². The number of halogens is 5. The molecule has 3 rings (SSSR count). The maximum Gasteiger partial charge on any atom is 0.393 e. The summed E-state index contributed by atoms with van der Waals surface area (Å²) in [5, 5.41) is 2.41. The number of nitrogens with zero attached hydrogens (tertiary/aromatic N) is 2. The molecule has 1 fully saturated rings. The SMILES string of the molecule is O=C(Cn1c(SC(F)F)nc2ccccc21)NC1CCCCC1C(F)(F)F. The summed E-state index contributed by atoms with van der Waals surface area (Å²) in [4.78, 5) is 16.5. The van der Waals surface area contributed by atoms with Crippen molar-refractivity contribution in [1.29, 1.82) is 0 Å². The van der Waals surface area contributed by atoms with E-state index in [9.17, 15) is 26.7 Å². The van der Waals surface area contributed by atoms with Gasteiger partial charge in [-0.2, -0.15) is 22.0 Å². The molecule has 4 nitrogen and oxygen atoms in total. The normalized spacial score (nSPS) is 21.0. The first kappa shape index (κ1) is 19.9. The van der Waals surface area contributed by atoms with Gasteiger partial charge in [-0.3, -0.25) is 4.79 Å². The van der Waals surface area contributed by atoms with Crippen molar-refractivity contribution in [3.8, 4) is 0 Å². The fourth-order valence-corrected chi connectivity index (χ4v) is 4.07. The molecule has 1 amide bonds. The van der Waals surface area contributed by atoms with E-state index < -0.39 is 29.8 Å². The summed E-state index contributed by atoms with van der Waals surface area (Å²) in [7, 11) is 0. The molecule has 27 heavy (non-hydrogen) atoms. The maximum absolute atomic E-state index is 13.2. The van der Waals surface area contributed by atoms with Crippen molar-refractivity contribution < 1.29 is 26.7 Å². The number of carbonyl (C=O) groups excluding carboxylic acids is 1. The van der Waals surface area contributed by atoms with Gasteiger partial charge in [0.2, 0.25) is 5.91 Å². The zero-order chi connectivity index (χ0) is 19.6. The molecular formula is C17H18F5N3OS. The van der Waals surface area contributed by atoms with Gasteiger partial charge in [0.25, 0.3) is 5.76 Å². The minimum absolute atomic E-state index is 0.0189. The number of carbonyl (C=O) groups is 1. The average molecular weight is 407 g/mol. The van der Waals surface area contributed by atoms with Gasteiger partial charge in [0, 0.05) is 6.04 Å². The number of benzene rings is 1. The Balaban J connectivity index is 1.79. The number of thioether (sulfide) groups is 1. The van der Waals surface area contributed by atoms with Gasteiger partial charge in [-0.15, -0.1) is 0 Å². The molecule has 1 saturated carbocycles. The lowest BCUT2D eigenvalue weighted by Crippen LogP contribution is -2.48. The van der Waals surface area contributed by atoms with Crippen molar-refractivity contribution >= 4 is 28.7 Å². The lowest BCUT2D eigenvalue weighted by molar-refractivity contribution is -0.189. The highest BCUT2D eigenvalue weighted by Crippen LogP contribution is 2.37. The Labute approximate surface area is 156 Å². The van der Waals surface area contributed by atoms with Gasteiger partial charge in [0.05, 0.1) is 17.0 Å². The van der Waals surface area contributed by atoms with E-state index in [-0.39, 0.29) is 36.3 Å². The largest absolute Gasteiger partial charge is 0.393 e. The van der Waals surface area contributed by atoms with Gasteiger partial charge < -0.3 is 9.88 Å². The van der Waals surface area contributed by atoms with Gasteiger partial charge in [-0.1, -0.05) is 25.0 Å². The smallest absolute Gasteiger partial charge is 0.351 e. The Bertz CT molecular complexity index is 807. The molecule has 0 aliphatic heterocycles. The van der Waals surface area contributed by atoms with Crippen LogP contribution in [0.5, 0.6) is 0 Å². The molecule has 1 aromatic heterocycles. The van der Waals surface area contributed by atoms with E-state index in [1.54, 1.807) is 24.3 Å². The summed E-state index contributed by atoms with van der Waals surface area (Å²) in [6.07, 6.45) is -3.07. The van der Waals surface area contributed by atoms with Crippen LogP contribution in [0.15, 0.2) is 29.4 Å². The molecule has 2 aromatic rings. The highest BCUT2D eigenvalue weighted by molar-refractivity contribution is 7.99. The number of rotatable bonds is 5. The molecule has 0 saturated heterocycles. The van der Waals surface area contributed by atoms with Crippen LogP contribution in [-0.2, 0) is 11.3 Å². The number of para-hydroxylation sites is 2. The number of amides is 1. The summed E-state index contributed by atoms with van der Waals surface area (Å²) in [5.74, 6) is -4.95. The first-order valence-corrected chi connectivity index (χ1v) is 9.40. The van der Waals surface area contributed by atoms with Crippen molar-refractivity contribution in [2.24, 2.45) is 5.92 Å². The van der Waals surface area contributed by atoms with Crippen LogP contribution in [-0.4, -0.2) is 33.4 Å². The van der Waals surface area contributed by atoms with E-state index in [1.165, 1.54) is 4.57 Å². The molecule has 0 bridgehead atoms. The third-order valence-corrected chi connectivity index (χ3v) is 5.35. The minimum Gasteiger partial charge on any atom is -0.351 e. The minimum atomic E-state index is -4.38. The second-order valence-electron chi connectivity index (χ2n) is 6.45. The monoisotopic (exact) mass is 407 g/mol. The summed E-state index contributed by atoms with van der Waals surface area (Å²) in [5.41, 5.74) is 0.922. The highest BCUT2D eigenvalue weighted by Gasteiger charge is 2.45. The number of alkyl halides is 5. The van der Waals surface area contributed by atoms with Gasteiger partial charge in [0.15, 0.2) is 5.16 Å². The van der Waals surface area contributed by atoms with Crippen LogP contribution in [0.3, 0.4) is 0 Å². The van der Waals surface area contributed by atoms with Crippen molar-refractivity contribution in [1.82, 2.24) is 14.9 Å². The van der Waals surface area contributed by atoms with Gasteiger partial charge in [0.1, 0.15) is 6.54 Å². The number of aromatic nitrogens is 2. The van der Waals surface area contributed by atoms with Crippen LogP contribution in [0.4, 0.5) is 22.0 Å². The molecule has 10 heteroatoms. The zero-order valence-corrected chi connectivity index (χ0v) is 15.0. The molecule has 0 spiro atoms. The first-order valence-electron chi connectivity index (χ1n) is 8.52. The number of hydrogen-bond donors (Lipinski definition) is 1. The van der Waals surface area contributed by atoms with Crippen LogP contribution < -0.4 is 5.32 Å². The molecule has 2 unspecified atom stereocenters. The first-order chi connectivity index (χ1) is 12.8. The molecule has 0 radical (unpaired) electrons. The Morgan fingerprint density at radius 2 is 1.96 bits per heavy atom. The fourth-order valence-electron chi connectivity index (χ4n) is 3.47. The summed E-state index contributed by atoms with van der Waals surface area (Å²) in [6, 6.07) is 5.62. The summed E-state index contributed by atoms with van der Waals surface area (Å²) < 4.78 is 66.5. The molecule has 148 valence electrons. The highest BCUT2D eigenvalue weighted by atomic mass is 32.2. The molecular weight excluding hydrogens is 389 g/mol. The van der Waals surface area contributed by atoms with E-state index in [4.69, 9.17) is 0 Å². The average Bonchev–Trinajstić information content (AvgIpc) is 2.91. The predicted molar refractivity (Wildman–Crippen MR) is 91.5 cm³/mol. The van der Waals surface area contributed by atoms with Crippen molar-refractivity contribution in [3.05, 3.63) is 24.3 Å². The van der Waals surface area contributed by atoms with Crippen molar-refractivity contribution in [2.45, 2.75) is 55.4 Å². The maximum atomic E-state index is 13.2.